The molecule has 1 N–H and O–H groups in total. The first-order valence-corrected chi connectivity index (χ1v) is 9.00. The number of nitrogens with one attached hydrogen (secondary N) is 1. The monoisotopic (exact) mass is 465 g/mol. The molecular formula is C20H28IN5. The van der Waals surface area contributed by atoms with Gasteiger partial charge in [0.2, 0.25) is 0 Å². The van der Waals surface area contributed by atoms with Gasteiger partial charge in [0.25, 0.3) is 0 Å². The van der Waals surface area contributed by atoms with Crippen LogP contribution in [0.4, 0.5) is 5.82 Å². The van der Waals surface area contributed by atoms with E-state index in [2.05, 4.69) is 62.3 Å². The summed E-state index contributed by atoms with van der Waals surface area (Å²) in [5, 5.41) is 3.53. The van der Waals surface area contributed by atoms with E-state index < -0.39 is 0 Å². The van der Waals surface area contributed by atoms with Crippen LogP contribution in [0, 0.1) is 0 Å². The maximum Gasteiger partial charge on any atom is 0.194 e. The van der Waals surface area contributed by atoms with Crippen LogP contribution in [0.25, 0.3) is 0 Å². The fraction of sp³-hybridized carbons (Fsp3) is 0.400. The molecule has 1 aromatic carbocycles. The number of aryl methyl sites for hydroxylation is 1. The number of rotatable bonds is 4. The molecule has 26 heavy (non-hydrogen) atoms. The van der Waals surface area contributed by atoms with E-state index in [0.717, 1.165) is 50.9 Å². The number of halogens is 1. The zero-order valence-electron chi connectivity index (χ0n) is 15.6. The molecule has 5 nitrogen and oxygen atoms in total. The van der Waals surface area contributed by atoms with Gasteiger partial charge in [0.1, 0.15) is 5.82 Å². The van der Waals surface area contributed by atoms with Crippen molar-refractivity contribution < 1.29 is 0 Å². The fourth-order valence-corrected chi connectivity index (χ4v) is 3.27. The Labute approximate surface area is 173 Å². The molecule has 2 aromatic rings. The minimum atomic E-state index is 0. The number of hydrogen-bond acceptors (Lipinski definition) is 3. The van der Waals surface area contributed by atoms with Crippen LogP contribution in [-0.2, 0) is 13.0 Å². The molecule has 0 spiro atoms. The Hall–Kier alpha value is -1.83. The number of guanidine groups is 1. The van der Waals surface area contributed by atoms with Crippen LogP contribution in [0.3, 0.4) is 0 Å². The highest BCUT2D eigenvalue weighted by atomic mass is 127. The Morgan fingerprint density at radius 1 is 1.04 bits per heavy atom. The van der Waals surface area contributed by atoms with Gasteiger partial charge in [0.15, 0.2) is 5.96 Å². The Balaban J connectivity index is 0.00000243. The van der Waals surface area contributed by atoms with Crippen LogP contribution in [-0.4, -0.2) is 49.1 Å². The summed E-state index contributed by atoms with van der Waals surface area (Å²) in [6.07, 6.45) is 2.91. The lowest BCUT2D eigenvalue weighted by Crippen LogP contribution is -2.52. The largest absolute Gasteiger partial charge is 0.353 e. The van der Waals surface area contributed by atoms with Crippen molar-refractivity contribution in [2.45, 2.75) is 19.9 Å². The van der Waals surface area contributed by atoms with Crippen molar-refractivity contribution in [3.63, 3.8) is 0 Å². The smallest absolute Gasteiger partial charge is 0.194 e. The van der Waals surface area contributed by atoms with Crippen molar-refractivity contribution in [1.82, 2.24) is 15.2 Å². The molecule has 2 heterocycles. The Morgan fingerprint density at radius 3 is 2.35 bits per heavy atom. The maximum atomic E-state index is 4.48. The number of benzene rings is 1. The molecule has 1 saturated heterocycles. The molecule has 0 aliphatic carbocycles. The molecule has 0 radical (unpaired) electrons. The van der Waals surface area contributed by atoms with Crippen LogP contribution in [0.1, 0.15) is 18.1 Å². The van der Waals surface area contributed by atoms with E-state index in [0.29, 0.717) is 0 Å². The predicted octanol–water partition coefficient (Wildman–Crippen LogP) is 3.16. The van der Waals surface area contributed by atoms with Gasteiger partial charge in [-0.05, 0) is 29.7 Å². The summed E-state index contributed by atoms with van der Waals surface area (Å²) in [7, 11) is 1.86. The topological polar surface area (TPSA) is 43.8 Å². The first-order chi connectivity index (χ1) is 12.3. The average molecular weight is 465 g/mol. The molecule has 0 unspecified atom stereocenters. The number of piperazine rings is 1. The van der Waals surface area contributed by atoms with E-state index in [1.807, 2.05) is 25.4 Å². The third-order valence-electron chi connectivity index (χ3n) is 4.70. The molecule has 1 aliphatic rings. The van der Waals surface area contributed by atoms with Gasteiger partial charge < -0.3 is 15.1 Å². The van der Waals surface area contributed by atoms with Crippen molar-refractivity contribution in [3.8, 4) is 0 Å². The Kier molecular flexibility index (Phi) is 8.15. The molecule has 3 rings (SSSR count). The highest BCUT2D eigenvalue weighted by molar-refractivity contribution is 14.0. The summed E-state index contributed by atoms with van der Waals surface area (Å²) in [6, 6.07) is 14.7. The van der Waals surface area contributed by atoms with Gasteiger partial charge in [-0.1, -0.05) is 37.3 Å². The molecular weight excluding hydrogens is 437 g/mol. The first kappa shape index (κ1) is 20.5. The lowest BCUT2D eigenvalue weighted by atomic mass is 10.1. The summed E-state index contributed by atoms with van der Waals surface area (Å²) in [6.45, 7) is 6.84. The fourth-order valence-electron chi connectivity index (χ4n) is 3.27. The highest BCUT2D eigenvalue weighted by Crippen LogP contribution is 2.13. The van der Waals surface area contributed by atoms with Crippen molar-refractivity contribution >= 4 is 35.8 Å². The van der Waals surface area contributed by atoms with E-state index in [1.54, 1.807) is 0 Å². The minimum absolute atomic E-state index is 0. The number of anilines is 1. The molecule has 1 fully saturated rings. The van der Waals surface area contributed by atoms with Gasteiger partial charge >= 0.3 is 0 Å². The molecule has 0 amide bonds. The van der Waals surface area contributed by atoms with E-state index in [4.69, 9.17) is 0 Å². The van der Waals surface area contributed by atoms with E-state index in [-0.39, 0.29) is 24.0 Å². The van der Waals surface area contributed by atoms with Gasteiger partial charge in [0.05, 0.1) is 0 Å². The van der Waals surface area contributed by atoms with Crippen LogP contribution in [0.2, 0.25) is 0 Å². The summed E-state index contributed by atoms with van der Waals surface area (Å²) in [5.74, 6) is 2.04. The van der Waals surface area contributed by atoms with Crippen molar-refractivity contribution in [2.75, 3.05) is 38.1 Å². The molecule has 0 saturated carbocycles. The number of pyridine rings is 1. The van der Waals surface area contributed by atoms with Crippen molar-refractivity contribution in [1.29, 1.82) is 0 Å². The standard InChI is InChI=1S/C20H27N5.HI/c1-3-17-8-4-5-9-18(17)16-23-20(21-2)25-14-12-24(13-15-25)19-10-6-7-11-22-19;/h4-11H,3,12-16H2,1-2H3,(H,21,23);1H. The number of aromatic nitrogens is 1. The third-order valence-corrected chi connectivity index (χ3v) is 4.70. The maximum absolute atomic E-state index is 4.48. The van der Waals surface area contributed by atoms with E-state index in [9.17, 15) is 0 Å². The Morgan fingerprint density at radius 2 is 1.73 bits per heavy atom. The number of nitrogens with zero attached hydrogens (tertiary/aromatic N) is 4. The van der Waals surface area contributed by atoms with Crippen LogP contribution >= 0.6 is 24.0 Å². The quantitative estimate of drug-likeness (QED) is 0.428. The third kappa shape index (κ3) is 5.09. The van der Waals surface area contributed by atoms with Crippen LogP contribution in [0.15, 0.2) is 53.7 Å². The summed E-state index contributed by atoms with van der Waals surface area (Å²) in [4.78, 5) is 13.6. The second-order valence-corrected chi connectivity index (χ2v) is 6.19. The number of hydrogen-bond donors (Lipinski definition) is 1. The minimum Gasteiger partial charge on any atom is -0.353 e. The lowest BCUT2D eigenvalue weighted by molar-refractivity contribution is 0.371. The molecule has 140 valence electrons. The predicted molar refractivity (Wildman–Crippen MR) is 119 cm³/mol. The second kappa shape index (κ2) is 10.4. The molecule has 1 aliphatic heterocycles. The SMILES string of the molecule is CCc1ccccc1CNC(=NC)N1CCN(c2ccccn2)CC1.I. The average Bonchev–Trinajstić information content (AvgIpc) is 2.70. The molecule has 0 atom stereocenters. The van der Waals surface area contributed by atoms with Crippen molar-refractivity contribution in [2.24, 2.45) is 4.99 Å². The van der Waals surface area contributed by atoms with Gasteiger partial charge in [0, 0.05) is 46.0 Å². The number of aliphatic imine (C=N–C) groups is 1. The summed E-state index contributed by atoms with van der Waals surface area (Å²) < 4.78 is 0. The van der Waals surface area contributed by atoms with Crippen LogP contribution in [0.5, 0.6) is 0 Å². The highest BCUT2D eigenvalue weighted by Gasteiger charge is 2.20. The first-order valence-electron chi connectivity index (χ1n) is 9.00. The zero-order chi connectivity index (χ0) is 17.5. The van der Waals surface area contributed by atoms with Gasteiger partial charge in [-0.25, -0.2) is 4.98 Å². The summed E-state index contributed by atoms with van der Waals surface area (Å²) >= 11 is 0. The van der Waals surface area contributed by atoms with Gasteiger partial charge in [-0.3, -0.25) is 4.99 Å². The van der Waals surface area contributed by atoms with E-state index >= 15 is 0 Å². The molecule has 0 bridgehead atoms. The van der Waals surface area contributed by atoms with E-state index in [1.165, 1.54) is 11.1 Å². The summed E-state index contributed by atoms with van der Waals surface area (Å²) in [5.41, 5.74) is 2.74. The zero-order valence-corrected chi connectivity index (χ0v) is 17.9. The van der Waals surface area contributed by atoms with Crippen LogP contribution < -0.4 is 10.2 Å². The second-order valence-electron chi connectivity index (χ2n) is 6.19. The van der Waals surface area contributed by atoms with Crippen molar-refractivity contribution in [3.05, 3.63) is 59.8 Å². The van der Waals surface area contributed by atoms with Gasteiger partial charge in [-0.15, -0.1) is 24.0 Å². The normalized spacial score (nSPS) is 14.8. The molecule has 6 heteroatoms. The van der Waals surface area contributed by atoms with Gasteiger partial charge in [-0.2, -0.15) is 0 Å². The Bertz CT molecular complexity index is 696. The lowest BCUT2D eigenvalue weighted by Gasteiger charge is -2.37. The molecule has 1 aromatic heterocycles.